The van der Waals surface area contributed by atoms with Crippen molar-refractivity contribution in [3.63, 3.8) is 0 Å². The van der Waals surface area contributed by atoms with E-state index in [-0.39, 0.29) is 12.0 Å². The lowest BCUT2D eigenvalue weighted by Crippen LogP contribution is -3.14. The lowest BCUT2D eigenvalue weighted by molar-refractivity contribution is -0.898. The summed E-state index contributed by atoms with van der Waals surface area (Å²) in [6.07, 6.45) is 3.73. The summed E-state index contributed by atoms with van der Waals surface area (Å²) in [4.78, 5) is 15.5. The van der Waals surface area contributed by atoms with E-state index in [2.05, 4.69) is 6.58 Å². The van der Waals surface area contributed by atoms with Crippen LogP contribution in [-0.2, 0) is 9.53 Å². The average Bonchev–Trinajstić information content (AvgIpc) is 2.83. The Morgan fingerprint density at radius 1 is 1.50 bits per heavy atom. The summed E-state index contributed by atoms with van der Waals surface area (Å²) in [5.74, 6) is 0.204. The summed E-state index contributed by atoms with van der Waals surface area (Å²) in [5, 5.41) is 0. The van der Waals surface area contributed by atoms with Gasteiger partial charge in [0.15, 0.2) is 0 Å². The first kappa shape index (κ1) is 11.6. The van der Waals surface area contributed by atoms with Gasteiger partial charge in [-0.3, -0.25) is 4.79 Å². The zero-order valence-electron chi connectivity index (χ0n) is 9.78. The largest absolute Gasteiger partial charge is 0.368 e. The lowest BCUT2D eigenvalue weighted by atomic mass is 10.2. The minimum Gasteiger partial charge on any atom is -0.368 e. The van der Waals surface area contributed by atoms with Gasteiger partial charge in [-0.2, -0.15) is 0 Å². The fraction of sp³-hybridized carbons (Fsp3) is 0.750. The third-order valence-electron chi connectivity index (χ3n) is 3.42. The molecule has 4 heteroatoms. The van der Waals surface area contributed by atoms with Crippen LogP contribution in [0.2, 0.25) is 0 Å². The van der Waals surface area contributed by atoms with Crippen molar-refractivity contribution < 1.29 is 14.4 Å². The Bertz CT molecular complexity index is 254. The quantitative estimate of drug-likeness (QED) is 0.630. The fourth-order valence-electron chi connectivity index (χ4n) is 2.43. The van der Waals surface area contributed by atoms with Gasteiger partial charge in [-0.1, -0.05) is 6.58 Å². The summed E-state index contributed by atoms with van der Waals surface area (Å²) in [6.45, 7) is 9.29. The van der Waals surface area contributed by atoms with Crippen molar-refractivity contribution in [2.45, 2.75) is 18.9 Å². The smallest absolute Gasteiger partial charge is 0.252 e. The molecule has 0 radical (unpaired) electrons. The number of hydrogen-bond donors (Lipinski definition) is 1. The standard InChI is InChI=1S/C12H20N2O2/c1-2-5-13-6-8-14(9-7-13)12(15)11-4-3-10-16-11/h2,11H,1,3-10H2/p+1/t11-/m0/s1. The molecule has 0 bridgehead atoms. The molecular formula is C12H21N2O2+. The van der Waals surface area contributed by atoms with Crippen LogP contribution in [0.3, 0.4) is 0 Å². The van der Waals surface area contributed by atoms with Gasteiger partial charge >= 0.3 is 0 Å². The number of piperazine rings is 1. The summed E-state index contributed by atoms with van der Waals surface area (Å²) in [6, 6.07) is 0. The van der Waals surface area contributed by atoms with Crippen LogP contribution in [-0.4, -0.2) is 56.2 Å². The number of nitrogens with zero attached hydrogens (tertiary/aromatic N) is 1. The molecule has 2 saturated heterocycles. The van der Waals surface area contributed by atoms with Crippen LogP contribution in [0.15, 0.2) is 12.7 Å². The van der Waals surface area contributed by atoms with Crippen molar-refractivity contribution in [1.29, 1.82) is 0 Å². The fourth-order valence-corrected chi connectivity index (χ4v) is 2.43. The molecule has 0 aliphatic carbocycles. The van der Waals surface area contributed by atoms with Gasteiger partial charge in [0.1, 0.15) is 6.10 Å². The number of amides is 1. The number of rotatable bonds is 3. The molecule has 2 aliphatic rings. The molecule has 2 heterocycles. The van der Waals surface area contributed by atoms with E-state index in [1.165, 1.54) is 4.90 Å². The highest BCUT2D eigenvalue weighted by molar-refractivity contribution is 5.81. The number of hydrogen-bond acceptors (Lipinski definition) is 2. The predicted molar refractivity (Wildman–Crippen MR) is 61.3 cm³/mol. The Kier molecular flexibility index (Phi) is 3.96. The SMILES string of the molecule is C=CC[NH+]1CCN(C(=O)[C@@H]2CCCO2)CC1. The third-order valence-corrected chi connectivity index (χ3v) is 3.42. The Hall–Kier alpha value is -0.870. The lowest BCUT2D eigenvalue weighted by Gasteiger charge is -2.32. The zero-order chi connectivity index (χ0) is 11.4. The van der Waals surface area contributed by atoms with Crippen molar-refractivity contribution in [2.75, 3.05) is 39.3 Å². The molecule has 0 spiro atoms. The van der Waals surface area contributed by atoms with Gasteiger partial charge in [-0.05, 0) is 18.9 Å². The van der Waals surface area contributed by atoms with Gasteiger partial charge in [-0.15, -0.1) is 0 Å². The van der Waals surface area contributed by atoms with E-state index in [9.17, 15) is 4.79 Å². The average molecular weight is 225 g/mol. The minimum absolute atomic E-state index is 0.152. The minimum atomic E-state index is -0.152. The van der Waals surface area contributed by atoms with E-state index in [1.807, 2.05) is 11.0 Å². The molecule has 2 rings (SSSR count). The number of carbonyl (C=O) groups excluding carboxylic acids is 1. The van der Waals surface area contributed by atoms with Gasteiger partial charge in [-0.25, -0.2) is 0 Å². The van der Waals surface area contributed by atoms with Gasteiger partial charge < -0.3 is 14.5 Å². The molecule has 4 nitrogen and oxygen atoms in total. The van der Waals surface area contributed by atoms with E-state index in [0.29, 0.717) is 0 Å². The molecular weight excluding hydrogens is 204 g/mol. The van der Waals surface area contributed by atoms with Crippen LogP contribution in [0.25, 0.3) is 0 Å². The molecule has 1 atom stereocenters. The second-order valence-corrected chi connectivity index (χ2v) is 4.57. The zero-order valence-corrected chi connectivity index (χ0v) is 9.78. The van der Waals surface area contributed by atoms with E-state index in [0.717, 1.165) is 52.2 Å². The van der Waals surface area contributed by atoms with Crippen molar-refractivity contribution >= 4 is 5.91 Å². The molecule has 2 fully saturated rings. The highest BCUT2D eigenvalue weighted by atomic mass is 16.5. The Morgan fingerprint density at radius 2 is 2.25 bits per heavy atom. The molecule has 1 N–H and O–H groups in total. The second-order valence-electron chi connectivity index (χ2n) is 4.57. The predicted octanol–water partition coefficient (Wildman–Crippen LogP) is -0.921. The summed E-state index contributed by atoms with van der Waals surface area (Å²) in [7, 11) is 0. The normalized spacial score (nSPS) is 27.0. The first-order chi connectivity index (χ1) is 7.81. The van der Waals surface area contributed by atoms with Crippen LogP contribution in [0.4, 0.5) is 0 Å². The Balaban J connectivity index is 1.79. The van der Waals surface area contributed by atoms with Crippen LogP contribution in [0, 0.1) is 0 Å². The molecule has 0 aromatic carbocycles. The molecule has 2 aliphatic heterocycles. The molecule has 90 valence electrons. The van der Waals surface area contributed by atoms with Gasteiger partial charge in [0.25, 0.3) is 5.91 Å². The van der Waals surface area contributed by atoms with Crippen LogP contribution in [0.5, 0.6) is 0 Å². The first-order valence-electron chi connectivity index (χ1n) is 6.16. The van der Waals surface area contributed by atoms with Crippen molar-refractivity contribution in [1.82, 2.24) is 4.90 Å². The highest BCUT2D eigenvalue weighted by Crippen LogP contribution is 2.14. The number of ether oxygens (including phenoxy) is 1. The highest BCUT2D eigenvalue weighted by Gasteiger charge is 2.31. The van der Waals surface area contributed by atoms with E-state index >= 15 is 0 Å². The summed E-state index contributed by atoms with van der Waals surface area (Å²) >= 11 is 0. The first-order valence-corrected chi connectivity index (χ1v) is 6.16. The van der Waals surface area contributed by atoms with Crippen molar-refractivity contribution in [2.24, 2.45) is 0 Å². The van der Waals surface area contributed by atoms with Crippen molar-refractivity contribution in [3.8, 4) is 0 Å². The third kappa shape index (κ3) is 2.62. The van der Waals surface area contributed by atoms with Crippen LogP contribution < -0.4 is 4.90 Å². The second kappa shape index (κ2) is 5.46. The van der Waals surface area contributed by atoms with E-state index < -0.39 is 0 Å². The maximum atomic E-state index is 12.0. The monoisotopic (exact) mass is 225 g/mol. The molecule has 0 saturated carbocycles. The molecule has 1 amide bonds. The Morgan fingerprint density at radius 3 is 2.81 bits per heavy atom. The van der Waals surface area contributed by atoms with Crippen molar-refractivity contribution in [3.05, 3.63) is 12.7 Å². The van der Waals surface area contributed by atoms with Gasteiger partial charge in [0.05, 0.1) is 32.7 Å². The van der Waals surface area contributed by atoms with Crippen LogP contribution in [0.1, 0.15) is 12.8 Å². The molecule has 0 aromatic rings. The molecule has 16 heavy (non-hydrogen) atoms. The topological polar surface area (TPSA) is 34.0 Å². The molecule has 0 aromatic heterocycles. The van der Waals surface area contributed by atoms with Gasteiger partial charge in [0.2, 0.25) is 0 Å². The number of carbonyl (C=O) groups is 1. The maximum absolute atomic E-state index is 12.0. The maximum Gasteiger partial charge on any atom is 0.252 e. The Labute approximate surface area is 96.8 Å². The van der Waals surface area contributed by atoms with E-state index in [1.54, 1.807) is 0 Å². The summed E-state index contributed by atoms with van der Waals surface area (Å²) < 4.78 is 5.43. The van der Waals surface area contributed by atoms with Crippen LogP contribution >= 0.6 is 0 Å². The van der Waals surface area contributed by atoms with E-state index in [4.69, 9.17) is 4.74 Å². The molecule has 0 unspecified atom stereocenters. The van der Waals surface area contributed by atoms with Gasteiger partial charge in [0, 0.05) is 6.61 Å². The summed E-state index contributed by atoms with van der Waals surface area (Å²) in [5.41, 5.74) is 0. The number of quaternary nitrogens is 1. The number of nitrogens with one attached hydrogen (secondary N) is 1.